The second kappa shape index (κ2) is 9.02. The van der Waals surface area contributed by atoms with Crippen molar-refractivity contribution in [2.45, 2.75) is 77.0 Å². The summed E-state index contributed by atoms with van der Waals surface area (Å²) in [5.41, 5.74) is 1.82. The van der Waals surface area contributed by atoms with Crippen molar-refractivity contribution in [3.8, 4) is 5.75 Å². The summed E-state index contributed by atoms with van der Waals surface area (Å²) in [5.74, 6) is 1.44. The molecule has 0 unspecified atom stereocenters. The molecule has 7 nitrogen and oxygen atoms in total. The zero-order valence-electron chi connectivity index (χ0n) is 20.0. The number of Topliss-reactive ketones (excluding diaryl/α,β-unsaturated/α-hetero) is 1. The molecule has 0 radical (unpaired) electrons. The van der Waals surface area contributed by atoms with Crippen molar-refractivity contribution in [3.63, 3.8) is 0 Å². The highest BCUT2D eigenvalue weighted by Gasteiger charge is 2.42. The van der Waals surface area contributed by atoms with Crippen LogP contribution in [0.15, 0.2) is 47.9 Å². The number of benzene rings is 1. The Kier molecular flexibility index (Phi) is 6.06. The number of hydrogen-bond acceptors (Lipinski definition) is 5. The highest BCUT2D eigenvalue weighted by Crippen LogP contribution is 2.37. The molecule has 2 aliphatic heterocycles. The molecule has 3 aliphatic rings. The van der Waals surface area contributed by atoms with Gasteiger partial charge in [0.1, 0.15) is 5.75 Å². The van der Waals surface area contributed by atoms with Gasteiger partial charge in [0.25, 0.3) is 5.91 Å². The molecule has 1 aromatic heterocycles. The fourth-order valence-corrected chi connectivity index (χ4v) is 5.50. The minimum Gasteiger partial charge on any atom is -0.451 e. The van der Waals surface area contributed by atoms with Crippen LogP contribution in [-0.4, -0.2) is 49.7 Å². The van der Waals surface area contributed by atoms with E-state index in [1.54, 1.807) is 29.6 Å². The summed E-state index contributed by atoms with van der Waals surface area (Å²) in [4.78, 5) is 28.8. The van der Waals surface area contributed by atoms with Crippen LogP contribution >= 0.6 is 0 Å². The highest BCUT2D eigenvalue weighted by atomic mass is 16.5. The summed E-state index contributed by atoms with van der Waals surface area (Å²) < 4.78 is 7.67. The molecule has 3 heterocycles. The monoisotopic (exact) mass is 463 g/mol. The zero-order valence-corrected chi connectivity index (χ0v) is 20.0. The average Bonchev–Trinajstić information content (AvgIpc) is 3.51. The molecule has 1 atom stereocenters. The van der Waals surface area contributed by atoms with E-state index in [2.05, 4.69) is 5.10 Å². The van der Waals surface area contributed by atoms with E-state index in [9.17, 15) is 14.7 Å². The number of fused-ring (bicyclic) bond motifs is 1. The molecule has 0 spiro atoms. The first kappa shape index (κ1) is 22.8. The fraction of sp³-hybridized carbons (Fsp3) is 0.519. The Morgan fingerprint density at radius 2 is 2.00 bits per heavy atom. The van der Waals surface area contributed by atoms with Gasteiger partial charge in [-0.2, -0.15) is 5.10 Å². The second-order valence-electron chi connectivity index (χ2n) is 10.6. The third-order valence-electron chi connectivity index (χ3n) is 7.11. The predicted octanol–water partition coefficient (Wildman–Crippen LogP) is 3.45. The van der Waals surface area contributed by atoms with Crippen LogP contribution in [0.4, 0.5) is 0 Å². The van der Waals surface area contributed by atoms with Crippen LogP contribution in [0.2, 0.25) is 0 Å². The van der Waals surface area contributed by atoms with Crippen LogP contribution in [0, 0.1) is 5.92 Å². The van der Waals surface area contributed by atoms with E-state index in [-0.39, 0.29) is 18.1 Å². The van der Waals surface area contributed by atoms with Gasteiger partial charge in [0.2, 0.25) is 0 Å². The summed E-state index contributed by atoms with van der Waals surface area (Å²) in [5, 5.41) is 14.6. The normalized spacial score (nSPS) is 19.3. The maximum absolute atomic E-state index is 13.6. The molecule has 1 saturated carbocycles. The van der Waals surface area contributed by atoms with Gasteiger partial charge in [-0.25, -0.2) is 0 Å². The van der Waals surface area contributed by atoms with Crippen LogP contribution < -0.4 is 4.74 Å². The summed E-state index contributed by atoms with van der Waals surface area (Å²) in [7, 11) is 0. The Morgan fingerprint density at radius 1 is 1.24 bits per heavy atom. The number of ketones is 1. The number of para-hydroxylation sites is 1. The Morgan fingerprint density at radius 3 is 2.76 bits per heavy atom. The highest BCUT2D eigenvalue weighted by molar-refractivity contribution is 6.00. The van der Waals surface area contributed by atoms with Crippen LogP contribution in [-0.2, 0) is 29.0 Å². The minimum atomic E-state index is -0.886. The Hall–Kier alpha value is -2.93. The lowest BCUT2D eigenvalue weighted by atomic mass is 9.93. The van der Waals surface area contributed by atoms with Crippen LogP contribution in [0.1, 0.15) is 57.2 Å². The minimum absolute atomic E-state index is 0.0196. The van der Waals surface area contributed by atoms with E-state index in [1.165, 1.54) is 12.8 Å². The molecule has 1 amide bonds. The van der Waals surface area contributed by atoms with Gasteiger partial charge in [-0.3, -0.25) is 14.3 Å². The van der Waals surface area contributed by atoms with Gasteiger partial charge in [-0.1, -0.05) is 43.9 Å². The van der Waals surface area contributed by atoms with Gasteiger partial charge < -0.3 is 14.7 Å². The number of aromatic nitrogens is 2. The summed E-state index contributed by atoms with van der Waals surface area (Å²) in [6, 6.07) is 9.15. The third-order valence-corrected chi connectivity index (χ3v) is 7.11. The molecule has 7 heteroatoms. The Balaban J connectivity index is 1.33. The lowest BCUT2D eigenvalue weighted by Gasteiger charge is -2.29. The van der Waals surface area contributed by atoms with Crippen LogP contribution in [0.25, 0.3) is 0 Å². The van der Waals surface area contributed by atoms with Crippen molar-refractivity contribution in [2.75, 3.05) is 6.54 Å². The number of ether oxygens (including phenoxy) is 1. The van der Waals surface area contributed by atoms with Crippen LogP contribution in [0.5, 0.6) is 5.75 Å². The average molecular weight is 464 g/mol. The Labute approximate surface area is 200 Å². The summed E-state index contributed by atoms with van der Waals surface area (Å²) in [6.07, 6.45) is 7.94. The third kappa shape index (κ3) is 4.80. The maximum Gasteiger partial charge on any atom is 0.290 e. The summed E-state index contributed by atoms with van der Waals surface area (Å²) >= 11 is 0. The molecule has 0 bridgehead atoms. The first-order valence-corrected chi connectivity index (χ1v) is 12.3. The van der Waals surface area contributed by atoms with E-state index in [1.807, 2.05) is 30.3 Å². The van der Waals surface area contributed by atoms with E-state index in [0.29, 0.717) is 43.3 Å². The van der Waals surface area contributed by atoms with Crippen molar-refractivity contribution >= 4 is 11.7 Å². The number of carbonyl (C=O) groups is 2. The summed E-state index contributed by atoms with van der Waals surface area (Å²) in [6.45, 7) is 4.25. The molecule has 5 rings (SSSR count). The van der Waals surface area contributed by atoms with Gasteiger partial charge >= 0.3 is 0 Å². The molecule has 0 saturated heterocycles. The number of aliphatic hydroxyl groups is 1. The lowest BCUT2D eigenvalue weighted by Crippen LogP contribution is -2.45. The maximum atomic E-state index is 13.6. The van der Waals surface area contributed by atoms with Gasteiger partial charge in [-0.05, 0) is 43.9 Å². The number of carbonyl (C=O) groups excluding carboxylic acids is 2. The van der Waals surface area contributed by atoms with Gasteiger partial charge in [0, 0.05) is 24.7 Å². The number of hydrogen-bond donors (Lipinski definition) is 1. The quantitative estimate of drug-likeness (QED) is 0.648. The van der Waals surface area contributed by atoms with Crippen LogP contribution in [0.3, 0.4) is 0 Å². The molecule has 1 N–H and O–H groups in total. The van der Waals surface area contributed by atoms with E-state index in [4.69, 9.17) is 4.74 Å². The topological polar surface area (TPSA) is 84.7 Å². The zero-order chi connectivity index (χ0) is 23.9. The Bertz CT molecular complexity index is 1120. The van der Waals surface area contributed by atoms with Gasteiger partial charge in [0.15, 0.2) is 11.5 Å². The molecule has 2 aromatic rings. The fourth-order valence-electron chi connectivity index (χ4n) is 5.50. The molecule has 34 heavy (non-hydrogen) atoms. The molecule has 1 aliphatic carbocycles. The number of nitrogens with zero attached hydrogens (tertiary/aromatic N) is 3. The molecule has 180 valence electrons. The largest absolute Gasteiger partial charge is 0.451 e. The number of amides is 1. The van der Waals surface area contributed by atoms with Crippen molar-refractivity contribution in [3.05, 3.63) is 59.1 Å². The van der Waals surface area contributed by atoms with E-state index >= 15 is 0 Å². The van der Waals surface area contributed by atoms with E-state index < -0.39 is 11.6 Å². The predicted molar refractivity (Wildman–Crippen MR) is 127 cm³/mol. The van der Waals surface area contributed by atoms with E-state index in [0.717, 1.165) is 29.7 Å². The second-order valence-corrected chi connectivity index (χ2v) is 10.6. The molecule has 1 aromatic carbocycles. The first-order chi connectivity index (χ1) is 16.3. The van der Waals surface area contributed by atoms with Crippen molar-refractivity contribution in [1.29, 1.82) is 0 Å². The number of rotatable bonds is 8. The molecular weight excluding hydrogens is 430 g/mol. The molecule has 1 fully saturated rings. The SMILES string of the molecule is CC(C)(O)Cn1ccc(CC(=O)[C@H](CC2CCCC2)N2CC3=C(Oc4ccccc4C3)C2=O)n1. The van der Waals surface area contributed by atoms with Gasteiger partial charge in [-0.15, -0.1) is 0 Å². The van der Waals surface area contributed by atoms with Crippen molar-refractivity contribution < 1.29 is 19.4 Å². The standard InChI is InChI=1S/C27H33N3O4/c1-27(2,33)17-29-12-11-21(28-29)15-23(31)22(13-18-7-3-4-8-18)30-16-20-14-19-9-5-6-10-24(19)34-25(20)26(30)32/h5-6,9-12,18,22,33H,3-4,7-8,13-17H2,1-2H3/t22-/m0/s1. The van der Waals surface area contributed by atoms with Crippen molar-refractivity contribution in [1.82, 2.24) is 14.7 Å². The lowest BCUT2D eigenvalue weighted by molar-refractivity contribution is -0.136. The van der Waals surface area contributed by atoms with Gasteiger partial charge in [0.05, 0.1) is 30.3 Å². The smallest absolute Gasteiger partial charge is 0.290 e. The first-order valence-electron chi connectivity index (χ1n) is 12.3. The molecular formula is C27H33N3O4. The van der Waals surface area contributed by atoms with Crippen molar-refractivity contribution in [2.24, 2.45) is 5.92 Å².